The molecule has 0 aliphatic heterocycles. The molecular formula is C31H43F2NO5. The minimum absolute atomic E-state index is 0.0744. The zero-order chi connectivity index (χ0) is 29.1. The Kier molecular flexibility index (Phi) is 13.0. The number of alkyl halides is 1. The minimum atomic E-state index is -1.19. The Hall–Kier alpha value is -2.84. The van der Waals surface area contributed by atoms with E-state index in [1.54, 1.807) is 25.1 Å². The maximum absolute atomic E-state index is 13.3. The van der Waals surface area contributed by atoms with Gasteiger partial charge in [0, 0.05) is 0 Å². The van der Waals surface area contributed by atoms with E-state index in [2.05, 4.69) is 31.0 Å². The third-order valence-corrected chi connectivity index (χ3v) is 7.84. The molecule has 0 fully saturated rings. The third kappa shape index (κ3) is 10.0. The van der Waals surface area contributed by atoms with Crippen molar-refractivity contribution in [3.63, 3.8) is 0 Å². The van der Waals surface area contributed by atoms with Crippen molar-refractivity contribution < 1.29 is 33.3 Å². The summed E-state index contributed by atoms with van der Waals surface area (Å²) in [7, 11) is 0. The Morgan fingerprint density at radius 1 is 1.21 bits per heavy atom. The molecule has 3 N–H and O–H groups in total. The van der Waals surface area contributed by atoms with E-state index in [4.69, 9.17) is 4.74 Å². The summed E-state index contributed by atoms with van der Waals surface area (Å²) < 4.78 is 31.8. The van der Waals surface area contributed by atoms with Crippen LogP contribution in [-0.2, 0) is 14.3 Å². The van der Waals surface area contributed by atoms with Crippen LogP contribution in [0.25, 0.3) is 5.57 Å². The number of hydrogen-bond donors (Lipinski definition) is 3. The number of halogens is 2. The molecule has 1 aliphatic rings. The summed E-state index contributed by atoms with van der Waals surface area (Å²) in [5.74, 6) is -2.59. The number of aliphatic carboxylic acids is 1. The van der Waals surface area contributed by atoms with Crippen LogP contribution in [0.3, 0.4) is 0 Å². The highest BCUT2D eigenvalue weighted by Crippen LogP contribution is 2.33. The highest BCUT2D eigenvalue weighted by molar-refractivity contribution is 5.84. The maximum atomic E-state index is 13.3. The van der Waals surface area contributed by atoms with Gasteiger partial charge in [0.1, 0.15) is 18.5 Å². The van der Waals surface area contributed by atoms with Crippen molar-refractivity contribution in [1.29, 1.82) is 0 Å². The highest BCUT2D eigenvalue weighted by atomic mass is 19.1. The van der Waals surface area contributed by atoms with Gasteiger partial charge >= 0.3 is 5.97 Å². The number of benzene rings is 1. The molecule has 1 aliphatic carbocycles. The molecule has 0 bridgehead atoms. The van der Waals surface area contributed by atoms with E-state index in [9.17, 15) is 28.6 Å². The lowest BCUT2D eigenvalue weighted by atomic mass is 9.81. The number of carboxylic acid groups (broad SMARTS) is 1. The molecule has 6 nitrogen and oxygen atoms in total. The summed E-state index contributed by atoms with van der Waals surface area (Å²) in [4.78, 5) is 24.1. The monoisotopic (exact) mass is 547 g/mol. The lowest BCUT2D eigenvalue weighted by molar-refractivity contribution is -0.143. The number of nitrogens with one attached hydrogen (secondary N) is 1. The summed E-state index contributed by atoms with van der Waals surface area (Å²) in [6.07, 6.45) is 6.59. The van der Waals surface area contributed by atoms with Gasteiger partial charge in [-0.25, -0.2) is 9.18 Å². The molecule has 1 aromatic carbocycles. The number of aliphatic hydroxyl groups excluding tert-OH is 1. The van der Waals surface area contributed by atoms with Gasteiger partial charge in [0.2, 0.25) is 5.91 Å². The first-order chi connectivity index (χ1) is 18.5. The standard InChI is InChI=1S/C31H43F2NO5/c1-6-23(22(5)21(4)16-32)15-28(31(37)38)34-30(36)18-39-17-29(35)20(3)13-26-14-25(8-7-19(26)2)24-9-11-27(33)12-10-24/h6,8-12,14,19-23,28-29,35H,1,7,13,15-18H2,2-5H3,(H,34,36)(H,37,38)/t19?,20?,21-,22?,23?,28-,29?/m0/s1. The Bertz CT molecular complexity index is 1020. The first-order valence-electron chi connectivity index (χ1n) is 13.6. The molecule has 7 atom stereocenters. The largest absolute Gasteiger partial charge is 0.480 e. The zero-order valence-electron chi connectivity index (χ0n) is 23.4. The van der Waals surface area contributed by atoms with E-state index in [1.165, 1.54) is 17.7 Å². The molecule has 39 heavy (non-hydrogen) atoms. The van der Waals surface area contributed by atoms with Gasteiger partial charge in [0.15, 0.2) is 0 Å². The number of rotatable bonds is 16. The van der Waals surface area contributed by atoms with Gasteiger partial charge in [0.05, 0.1) is 19.4 Å². The zero-order valence-corrected chi connectivity index (χ0v) is 23.4. The van der Waals surface area contributed by atoms with Crippen molar-refractivity contribution in [2.45, 2.75) is 59.1 Å². The van der Waals surface area contributed by atoms with E-state index in [1.807, 2.05) is 13.8 Å². The summed E-state index contributed by atoms with van der Waals surface area (Å²) in [6, 6.07) is 5.21. The maximum Gasteiger partial charge on any atom is 0.326 e. The van der Waals surface area contributed by atoms with Crippen LogP contribution in [0.4, 0.5) is 8.78 Å². The predicted molar refractivity (Wildman–Crippen MR) is 149 cm³/mol. The van der Waals surface area contributed by atoms with Crippen molar-refractivity contribution in [3.8, 4) is 0 Å². The van der Waals surface area contributed by atoms with Gasteiger partial charge in [-0.3, -0.25) is 9.18 Å². The van der Waals surface area contributed by atoms with Gasteiger partial charge in [-0.15, -0.1) is 6.58 Å². The quantitative estimate of drug-likeness (QED) is 0.235. The molecule has 5 unspecified atom stereocenters. The molecule has 2 rings (SSSR count). The average molecular weight is 548 g/mol. The molecular weight excluding hydrogens is 504 g/mol. The molecule has 216 valence electrons. The van der Waals surface area contributed by atoms with Crippen LogP contribution in [0.1, 0.15) is 52.5 Å². The summed E-state index contributed by atoms with van der Waals surface area (Å²) in [5, 5.41) is 22.7. The third-order valence-electron chi connectivity index (χ3n) is 7.84. The molecule has 0 saturated heterocycles. The Labute approximate surface area is 230 Å². The normalized spacial score (nSPS) is 20.0. The molecule has 0 saturated carbocycles. The number of amides is 1. The Morgan fingerprint density at radius 3 is 2.46 bits per heavy atom. The van der Waals surface area contributed by atoms with E-state index < -0.39 is 30.7 Å². The van der Waals surface area contributed by atoms with Crippen LogP contribution in [-0.4, -0.2) is 54.1 Å². The molecule has 0 spiro atoms. The molecule has 8 heteroatoms. The van der Waals surface area contributed by atoms with Crippen molar-refractivity contribution in [2.75, 3.05) is 19.9 Å². The average Bonchev–Trinajstić information content (AvgIpc) is 2.91. The fourth-order valence-corrected chi connectivity index (χ4v) is 4.72. The Balaban J connectivity index is 1.86. The second-order valence-electron chi connectivity index (χ2n) is 10.9. The van der Waals surface area contributed by atoms with Crippen molar-refractivity contribution in [1.82, 2.24) is 5.32 Å². The Morgan fingerprint density at radius 2 is 1.87 bits per heavy atom. The van der Waals surface area contributed by atoms with Gasteiger partial charge in [0.25, 0.3) is 0 Å². The lowest BCUT2D eigenvalue weighted by Gasteiger charge is -2.27. The SMILES string of the molecule is C=CC(C[C@H](NC(=O)COCC(O)C(C)CC1=CC(c2ccc(F)cc2)=CCC1C)C(=O)O)C(C)[C@@H](C)CF. The van der Waals surface area contributed by atoms with E-state index >= 15 is 0 Å². The van der Waals surface area contributed by atoms with Crippen LogP contribution in [0.5, 0.6) is 0 Å². The van der Waals surface area contributed by atoms with Crippen LogP contribution in [0, 0.1) is 35.4 Å². The molecule has 0 radical (unpaired) electrons. The van der Waals surface area contributed by atoms with Crippen LogP contribution < -0.4 is 5.32 Å². The first kappa shape index (κ1) is 32.4. The number of hydrogen-bond acceptors (Lipinski definition) is 4. The van der Waals surface area contributed by atoms with Crippen molar-refractivity contribution in [3.05, 3.63) is 66.0 Å². The molecule has 1 aromatic rings. The molecule has 1 amide bonds. The van der Waals surface area contributed by atoms with E-state index in [-0.39, 0.29) is 49.1 Å². The minimum Gasteiger partial charge on any atom is -0.480 e. The number of carbonyl (C=O) groups is 2. The van der Waals surface area contributed by atoms with Gasteiger partial charge in [-0.2, -0.15) is 0 Å². The summed E-state index contributed by atoms with van der Waals surface area (Å²) in [6.45, 7) is 10.4. The fraction of sp³-hybridized carbons (Fsp3) is 0.548. The summed E-state index contributed by atoms with van der Waals surface area (Å²) in [5.41, 5.74) is 3.14. The van der Waals surface area contributed by atoms with E-state index in [0.29, 0.717) is 12.3 Å². The number of carbonyl (C=O) groups excluding carboxylic acids is 1. The number of aliphatic hydroxyl groups is 1. The predicted octanol–water partition coefficient (Wildman–Crippen LogP) is 5.58. The van der Waals surface area contributed by atoms with Gasteiger partial charge in [-0.1, -0.05) is 63.6 Å². The van der Waals surface area contributed by atoms with Crippen LogP contribution in [0.15, 0.2) is 54.6 Å². The van der Waals surface area contributed by atoms with Crippen molar-refractivity contribution in [2.24, 2.45) is 29.6 Å². The smallest absolute Gasteiger partial charge is 0.326 e. The fourth-order valence-electron chi connectivity index (χ4n) is 4.72. The number of ether oxygens (including phenoxy) is 1. The molecule has 0 aromatic heterocycles. The first-order valence-corrected chi connectivity index (χ1v) is 13.6. The highest BCUT2D eigenvalue weighted by Gasteiger charge is 2.28. The second kappa shape index (κ2) is 15.7. The topological polar surface area (TPSA) is 95.9 Å². The van der Waals surface area contributed by atoms with Crippen molar-refractivity contribution >= 4 is 17.4 Å². The number of carboxylic acids is 1. The lowest BCUT2D eigenvalue weighted by Crippen LogP contribution is -2.44. The van der Waals surface area contributed by atoms with Gasteiger partial charge in [-0.05, 0) is 72.1 Å². The molecule has 0 heterocycles. The van der Waals surface area contributed by atoms with Crippen LogP contribution in [0.2, 0.25) is 0 Å². The van der Waals surface area contributed by atoms with Crippen LogP contribution >= 0.6 is 0 Å². The van der Waals surface area contributed by atoms with E-state index in [0.717, 1.165) is 17.6 Å². The van der Waals surface area contributed by atoms with Gasteiger partial charge < -0.3 is 20.3 Å². The summed E-state index contributed by atoms with van der Waals surface area (Å²) >= 11 is 0. The second-order valence-corrected chi connectivity index (χ2v) is 10.9. The number of allylic oxidation sites excluding steroid dienone is 5.